The molecule has 2 nitrogen and oxygen atoms in total. The van der Waals surface area contributed by atoms with E-state index in [4.69, 9.17) is 4.99 Å². The van der Waals surface area contributed by atoms with E-state index < -0.39 is 0 Å². The van der Waals surface area contributed by atoms with Crippen LogP contribution in [0.4, 0.5) is 11.4 Å². The van der Waals surface area contributed by atoms with Crippen LogP contribution in [0.15, 0.2) is 53.5 Å². The Kier molecular flexibility index (Phi) is 5.15. The van der Waals surface area contributed by atoms with Crippen LogP contribution < -0.4 is 4.90 Å². The molecule has 0 atom stereocenters. The molecule has 0 aromatic heterocycles. The molecule has 0 fully saturated rings. The van der Waals surface area contributed by atoms with Crippen molar-refractivity contribution < 1.29 is 0 Å². The van der Waals surface area contributed by atoms with Crippen molar-refractivity contribution in [1.29, 1.82) is 0 Å². The SMILES string of the molecule is CCCC(=Nc1ccccc1C)N(C)c1ccccc1C. The summed E-state index contributed by atoms with van der Waals surface area (Å²) in [6.45, 7) is 6.44. The Hall–Kier alpha value is -2.09. The number of hydrogen-bond donors (Lipinski definition) is 0. The summed E-state index contributed by atoms with van der Waals surface area (Å²) >= 11 is 0. The van der Waals surface area contributed by atoms with Gasteiger partial charge in [-0.15, -0.1) is 0 Å². The lowest BCUT2D eigenvalue weighted by molar-refractivity contribution is 0.965. The van der Waals surface area contributed by atoms with Gasteiger partial charge in [-0.05, 0) is 43.5 Å². The molecule has 2 aromatic carbocycles. The van der Waals surface area contributed by atoms with E-state index in [2.05, 4.69) is 75.2 Å². The van der Waals surface area contributed by atoms with Crippen LogP contribution in [-0.2, 0) is 0 Å². The first-order valence-corrected chi connectivity index (χ1v) is 7.56. The zero-order valence-electron chi connectivity index (χ0n) is 13.4. The molecular formula is C19H24N2. The Labute approximate surface area is 128 Å². The van der Waals surface area contributed by atoms with Gasteiger partial charge in [0.25, 0.3) is 0 Å². The second kappa shape index (κ2) is 7.07. The summed E-state index contributed by atoms with van der Waals surface area (Å²) in [5.41, 5.74) is 4.76. The summed E-state index contributed by atoms with van der Waals surface area (Å²) in [5.74, 6) is 1.11. The summed E-state index contributed by atoms with van der Waals surface area (Å²) in [6.07, 6.45) is 2.06. The molecule has 0 N–H and O–H groups in total. The Morgan fingerprint density at radius 2 is 1.57 bits per heavy atom. The molecular weight excluding hydrogens is 256 g/mol. The quantitative estimate of drug-likeness (QED) is 0.550. The van der Waals surface area contributed by atoms with Crippen molar-refractivity contribution in [2.45, 2.75) is 33.6 Å². The third-order valence-electron chi connectivity index (χ3n) is 3.70. The average Bonchev–Trinajstić information content (AvgIpc) is 2.49. The number of aliphatic imine (C=N–C) groups is 1. The predicted molar refractivity (Wildman–Crippen MR) is 92.8 cm³/mol. The third-order valence-corrected chi connectivity index (χ3v) is 3.70. The highest BCUT2D eigenvalue weighted by Crippen LogP contribution is 2.23. The smallest absolute Gasteiger partial charge is 0.109 e. The standard InChI is InChI=1S/C19H24N2/c1-5-10-19(20-17-13-8-6-11-15(17)2)21(4)18-14-9-7-12-16(18)3/h6-9,11-14H,5,10H2,1-4H3. The van der Waals surface area contributed by atoms with E-state index in [1.807, 2.05) is 6.07 Å². The van der Waals surface area contributed by atoms with Gasteiger partial charge < -0.3 is 4.90 Å². The molecule has 0 aliphatic heterocycles. The molecule has 0 aliphatic rings. The van der Waals surface area contributed by atoms with Gasteiger partial charge in [-0.25, -0.2) is 4.99 Å². The summed E-state index contributed by atoms with van der Waals surface area (Å²) in [7, 11) is 2.11. The number of para-hydroxylation sites is 2. The Bertz CT molecular complexity index is 629. The maximum Gasteiger partial charge on any atom is 0.109 e. The van der Waals surface area contributed by atoms with Crippen LogP contribution in [0.3, 0.4) is 0 Å². The molecule has 2 aromatic rings. The second-order valence-corrected chi connectivity index (χ2v) is 5.41. The number of hydrogen-bond acceptors (Lipinski definition) is 1. The third kappa shape index (κ3) is 3.72. The summed E-state index contributed by atoms with van der Waals surface area (Å²) in [6, 6.07) is 16.7. The van der Waals surface area contributed by atoms with Crippen LogP contribution in [0.25, 0.3) is 0 Å². The molecule has 2 rings (SSSR count). The van der Waals surface area contributed by atoms with Crippen molar-refractivity contribution in [3.8, 4) is 0 Å². The minimum Gasteiger partial charge on any atom is -0.333 e. The first-order valence-electron chi connectivity index (χ1n) is 7.56. The van der Waals surface area contributed by atoms with Gasteiger partial charge in [0.1, 0.15) is 5.84 Å². The fourth-order valence-corrected chi connectivity index (χ4v) is 2.43. The van der Waals surface area contributed by atoms with Crippen LogP contribution in [0.2, 0.25) is 0 Å². The van der Waals surface area contributed by atoms with Gasteiger partial charge in [0.2, 0.25) is 0 Å². The minimum absolute atomic E-state index is 0.971. The molecule has 0 aliphatic carbocycles. The van der Waals surface area contributed by atoms with E-state index in [9.17, 15) is 0 Å². The minimum atomic E-state index is 0.971. The van der Waals surface area contributed by atoms with E-state index in [-0.39, 0.29) is 0 Å². The molecule has 21 heavy (non-hydrogen) atoms. The Balaban J connectivity index is 2.39. The maximum absolute atomic E-state index is 4.91. The number of anilines is 1. The predicted octanol–water partition coefficient (Wildman–Crippen LogP) is 5.27. The van der Waals surface area contributed by atoms with Crippen molar-refractivity contribution >= 4 is 17.2 Å². The van der Waals surface area contributed by atoms with E-state index in [0.29, 0.717) is 0 Å². The monoisotopic (exact) mass is 280 g/mol. The molecule has 0 heterocycles. The maximum atomic E-state index is 4.91. The number of amidine groups is 1. The van der Waals surface area contributed by atoms with Gasteiger partial charge in [0.15, 0.2) is 0 Å². The summed E-state index contributed by atoms with van der Waals surface area (Å²) in [5, 5.41) is 0. The Morgan fingerprint density at radius 3 is 2.19 bits per heavy atom. The summed E-state index contributed by atoms with van der Waals surface area (Å²) in [4.78, 5) is 7.12. The number of aryl methyl sites for hydroxylation is 2. The van der Waals surface area contributed by atoms with E-state index in [1.165, 1.54) is 16.8 Å². The Morgan fingerprint density at radius 1 is 0.952 bits per heavy atom. The highest BCUT2D eigenvalue weighted by molar-refractivity contribution is 5.99. The molecule has 0 saturated carbocycles. The zero-order chi connectivity index (χ0) is 15.2. The van der Waals surface area contributed by atoms with Gasteiger partial charge in [0, 0.05) is 19.2 Å². The van der Waals surface area contributed by atoms with Crippen LogP contribution in [0.1, 0.15) is 30.9 Å². The van der Waals surface area contributed by atoms with E-state index in [0.717, 1.165) is 24.4 Å². The van der Waals surface area contributed by atoms with Crippen LogP contribution in [0.5, 0.6) is 0 Å². The lowest BCUT2D eigenvalue weighted by Gasteiger charge is -2.23. The van der Waals surface area contributed by atoms with Gasteiger partial charge in [-0.2, -0.15) is 0 Å². The molecule has 0 spiro atoms. The second-order valence-electron chi connectivity index (χ2n) is 5.41. The van der Waals surface area contributed by atoms with Gasteiger partial charge >= 0.3 is 0 Å². The first kappa shape index (κ1) is 15.3. The topological polar surface area (TPSA) is 15.6 Å². The van der Waals surface area contributed by atoms with Crippen molar-refractivity contribution in [2.75, 3.05) is 11.9 Å². The van der Waals surface area contributed by atoms with Gasteiger partial charge in [0.05, 0.1) is 5.69 Å². The van der Waals surface area contributed by atoms with Crippen LogP contribution in [-0.4, -0.2) is 12.9 Å². The number of nitrogens with zero attached hydrogens (tertiary/aromatic N) is 2. The summed E-state index contributed by atoms with van der Waals surface area (Å²) < 4.78 is 0. The van der Waals surface area contributed by atoms with E-state index in [1.54, 1.807) is 0 Å². The lowest BCUT2D eigenvalue weighted by Crippen LogP contribution is -2.26. The molecule has 0 radical (unpaired) electrons. The van der Waals surface area contributed by atoms with Crippen molar-refractivity contribution in [3.63, 3.8) is 0 Å². The highest BCUT2D eigenvalue weighted by atomic mass is 15.2. The fraction of sp³-hybridized carbons (Fsp3) is 0.316. The zero-order valence-corrected chi connectivity index (χ0v) is 13.4. The van der Waals surface area contributed by atoms with Gasteiger partial charge in [-0.3, -0.25) is 0 Å². The van der Waals surface area contributed by atoms with Gasteiger partial charge in [-0.1, -0.05) is 43.3 Å². The number of rotatable bonds is 4. The largest absolute Gasteiger partial charge is 0.333 e. The highest BCUT2D eigenvalue weighted by Gasteiger charge is 2.10. The van der Waals surface area contributed by atoms with Crippen molar-refractivity contribution in [3.05, 3.63) is 59.7 Å². The molecule has 0 bridgehead atoms. The average molecular weight is 280 g/mol. The normalized spacial score (nSPS) is 11.5. The lowest BCUT2D eigenvalue weighted by atomic mass is 10.1. The number of benzene rings is 2. The molecule has 0 unspecified atom stereocenters. The van der Waals surface area contributed by atoms with Crippen molar-refractivity contribution in [2.24, 2.45) is 4.99 Å². The molecule has 110 valence electrons. The van der Waals surface area contributed by atoms with Crippen molar-refractivity contribution in [1.82, 2.24) is 0 Å². The first-order chi connectivity index (χ1) is 10.1. The molecule has 0 amide bonds. The van der Waals surface area contributed by atoms with Crippen LogP contribution >= 0.6 is 0 Å². The van der Waals surface area contributed by atoms with Crippen LogP contribution in [0, 0.1) is 13.8 Å². The van der Waals surface area contributed by atoms with E-state index >= 15 is 0 Å². The molecule has 2 heteroatoms. The fourth-order valence-electron chi connectivity index (χ4n) is 2.43. The molecule has 0 saturated heterocycles.